The van der Waals surface area contributed by atoms with Crippen molar-refractivity contribution in [2.75, 3.05) is 11.4 Å². The molecule has 0 fully saturated rings. The molecule has 0 bridgehead atoms. The molecule has 3 aromatic carbocycles. The number of hydrogen-bond acceptors (Lipinski definition) is 7. The lowest BCUT2D eigenvalue weighted by atomic mass is 9.88. The number of anilines is 1. The average molecular weight is 514 g/mol. The van der Waals surface area contributed by atoms with Crippen LogP contribution in [0, 0.1) is 18.3 Å². The first-order valence-corrected chi connectivity index (χ1v) is 12.9. The minimum Gasteiger partial charge on any atom is -0.465 e. The Morgan fingerprint density at radius 2 is 1.76 bits per heavy atom. The molecular weight excluding hydrogens is 490 g/mol. The van der Waals surface area contributed by atoms with Gasteiger partial charge in [-0.15, -0.1) is 0 Å². The maximum atomic E-state index is 14.3. The molecule has 1 atom stereocenters. The monoisotopic (exact) mass is 513 g/mol. The quantitative estimate of drug-likeness (QED) is 0.516. The molecule has 0 aliphatic carbocycles. The number of allylic oxidation sites excluding steroid dienone is 2. The van der Waals surface area contributed by atoms with E-state index in [1.54, 1.807) is 36.4 Å². The smallest absolute Gasteiger partial charge is 0.337 e. The van der Waals surface area contributed by atoms with Crippen molar-refractivity contribution < 1.29 is 22.7 Å². The largest absolute Gasteiger partial charge is 0.465 e. The van der Waals surface area contributed by atoms with Gasteiger partial charge in [-0.1, -0.05) is 54.1 Å². The summed E-state index contributed by atoms with van der Waals surface area (Å²) in [6.45, 7) is 2.05. The van der Waals surface area contributed by atoms with Gasteiger partial charge in [0.2, 0.25) is 5.88 Å². The second-order valence-electron chi connectivity index (χ2n) is 8.75. The lowest BCUT2D eigenvalue weighted by molar-refractivity contribution is 0.0600. The summed E-state index contributed by atoms with van der Waals surface area (Å²) in [6.07, 6.45) is 0. The molecule has 2 heterocycles. The van der Waals surface area contributed by atoms with Crippen LogP contribution in [0.15, 0.2) is 89.2 Å². The van der Waals surface area contributed by atoms with Crippen LogP contribution in [0.1, 0.15) is 38.5 Å². The molecule has 0 radical (unpaired) electrons. The predicted octanol–water partition coefficient (Wildman–Crippen LogP) is 4.31. The average Bonchev–Trinajstić information content (AvgIpc) is 2.91. The molecule has 0 saturated carbocycles. The van der Waals surface area contributed by atoms with E-state index in [2.05, 4.69) is 0 Å². The Bertz CT molecular complexity index is 1620. The van der Waals surface area contributed by atoms with E-state index >= 15 is 0 Å². The molecule has 5 rings (SSSR count). The Morgan fingerprint density at radius 1 is 1.08 bits per heavy atom. The van der Waals surface area contributed by atoms with E-state index in [0.29, 0.717) is 22.4 Å². The van der Waals surface area contributed by atoms with E-state index in [0.717, 1.165) is 11.1 Å². The van der Waals surface area contributed by atoms with Gasteiger partial charge >= 0.3 is 5.97 Å². The molecule has 0 spiro atoms. The first-order valence-electron chi connectivity index (χ1n) is 11.4. The highest BCUT2D eigenvalue weighted by atomic mass is 32.2. The molecule has 37 heavy (non-hydrogen) atoms. The highest BCUT2D eigenvalue weighted by Gasteiger charge is 2.47. The number of hydrogen-bond donors (Lipinski definition) is 1. The maximum Gasteiger partial charge on any atom is 0.337 e. The number of ether oxygens (including phenoxy) is 2. The third-order valence-corrected chi connectivity index (χ3v) is 8.35. The second kappa shape index (κ2) is 9.15. The van der Waals surface area contributed by atoms with Gasteiger partial charge in [0.25, 0.3) is 10.0 Å². The second-order valence-corrected chi connectivity index (χ2v) is 10.6. The molecule has 1 unspecified atom stereocenters. The van der Waals surface area contributed by atoms with Gasteiger partial charge in [-0.2, -0.15) is 5.26 Å². The van der Waals surface area contributed by atoms with Gasteiger partial charge in [0, 0.05) is 5.56 Å². The molecule has 9 heteroatoms. The first kappa shape index (κ1) is 24.2. The van der Waals surface area contributed by atoms with Crippen LogP contribution in [-0.4, -0.2) is 21.5 Å². The first-order chi connectivity index (χ1) is 17.8. The normalized spacial score (nSPS) is 17.9. The number of aryl methyl sites for hydroxylation is 1. The molecule has 3 aromatic rings. The number of carbonyl (C=O) groups is 1. The SMILES string of the molecule is COC(=O)c1ccc(C2C(C#N)=C(N)OC3=C2S(=O)(=O)N(Cc2ccc(C)cc2)c2ccccc23)cc1. The fourth-order valence-corrected chi connectivity index (χ4v) is 6.51. The van der Waals surface area contributed by atoms with Crippen LogP contribution in [-0.2, 0) is 26.0 Å². The molecule has 0 aromatic heterocycles. The van der Waals surface area contributed by atoms with Gasteiger partial charge in [0.15, 0.2) is 5.76 Å². The number of carbonyl (C=O) groups excluding carboxylic acids is 1. The summed E-state index contributed by atoms with van der Waals surface area (Å²) in [5, 5.41) is 9.98. The highest BCUT2D eigenvalue weighted by molar-refractivity contribution is 7.96. The van der Waals surface area contributed by atoms with Gasteiger partial charge in [0.1, 0.15) is 16.5 Å². The summed E-state index contributed by atoms with van der Waals surface area (Å²) in [5.74, 6) is -1.63. The third-order valence-electron chi connectivity index (χ3n) is 6.47. The van der Waals surface area contributed by atoms with Gasteiger partial charge in [-0.25, -0.2) is 13.2 Å². The van der Waals surface area contributed by atoms with Crippen LogP contribution in [0.3, 0.4) is 0 Å². The highest BCUT2D eigenvalue weighted by Crippen LogP contribution is 2.51. The number of esters is 1. The zero-order valence-electron chi connectivity index (χ0n) is 20.1. The van der Waals surface area contributed by atoms with Crippen LogP contribution in [0.2, 0.25) is 0 Å². The van der Waals surface area contributed by atoms with Crippen molar-refractivity contribution >= 4 is 27.4 Å². The van der Waals surface area contributed by atoms with Gasteiger partial charge in [0.05, 0.1) is 30.8 Å². The fourth-order valence-electron chi connectivity index (χ4n) is 4.60. The lowest BCUT2D eigenvalue weighted by Crippen LogP contribution is -2.39. The summed E-state index contributed by atoms with van der Waals surface area (Å²) in [6, 6.07) is 22.9. The van der Waals surface area contributed by atoms with Crippen molar-refractivity contribution in [2.24, 2.45) is 5.73 Å². The van der Waals surface area contributed by atoms with E-state index in [4.69, 9.17) is 15.2 Å². The Kier molecular flexibility index (Phi) is 5.97. The molecule has 8 nitrogen and oxygen atoms in total. The van der Waals surface area contributed by atoms with Crippen LogP contribution >= 0.6 is 0 Å². The maximum absolute atomic E-state index is 14.3. The third kappa shape index (κ3) is 4.01. The Morgan fingerprint density at radius 3 is 2.41 bits per heavy atom. The molecule has 2 N–H and O–H groups in total. The van der Waals surface area contributed by atoms with Crippen molar-refractivity contribution in [3.8, 4) is 6.07 Å². The Labute approximate surface area is 214 Å². The standard InChI is InChI=1S/C28H23N3O5S/c1-17-7-9-18(10-8-17)16-31-23-6-4-3-5-21(23)25-26(37(31,33)34)24(22(15-29)27(30)36-25)19-11-13-20(14-12-19)28(32)35-2/h3-14,24H,16,30H2,1-2H3. The van der Waals surface area contributed by atoms with Crippen LogP contribution in [0.5, 0.6) is 0 Å². The van der Waals surface area contributed by atoms with Crippen LogP contribution in [0.4, 0.5) is 5.69 Å². The van der Waals surface area contributed by atoms with E-state index in [-0.39, 0.29) is 28.7 Å². The summed E-state index contributed by atoms with van der Waals surface area (Å²) >= 11 is 0. The summed E-state index contributed by atoms with van der Waals surface area (Å²) in [5.41, 5.74) is 9.77. The van der Waals surface area contributed by atoms with E-state index in [1.807, 2.05) is 37.3 Å². The van der Waals surface area contributed by atoms with E-state index < -0.39 is 21.9 Å². The van der Waals surface area contributed by atoms with Crippen LogP contribution in [0.25, 0.3) is 5.76 Å². The molecule has 2 aliphatic rings. The Hall–Kier alpha value is -4.55. The molecule has 186 valence electrons. The van der Waals surface area contributed by atoms with Crippen LogP contribution < -0.4 is 10.0 Å². The number of nitrogens with two attached hydrogens (primary N) is 1. The number of rotatable bonds is 4. The molecule has 0 amide bonds. The van der Waals surface area contributed by atoms with E-state index in [1.165, 1.54) is 23.5 Å². The van der Waals surface area contributed by atoms with Gasteiger partial charge in [-0.3, -0.25) is 4.31 Å². The van der Waals surface area contributed by atoms with Crippen molar-refractivity contribution in [2.45, 2.75) is 19.4 Å². The number of fused-ring (bicyclic) bond motifs is 2. The van der Waals surface area contributed by atoms with E-state index in [9.17, 15) is 18.5 Å². The molecule has 0 saturated heterocycles. The number of sulfonamides is 1. The topological polar surface area (TPSA) is 123 Å². The zero-order chi connectivity index (χ0) is 26.3. The number of nitriles is 1. The van der Waals surface area contributed by atoms with Crippen molar-refractivity contribution in [3.63, 3.8) is 0 Å². The number of nitrogens with zero attached hydrogens (tertiary/aromatic N) is 2. The zero-order valence-corrected chi connectivity index (χ0v) is 21.0. The number of benzene rings is 3. The molecule has 2 aliphatic heterocycles. The van der Waals surface area contributed by atoms with Crippen molar-refractivity contribution in [1.29, 1.82) is 5.26 Å². The predicted molar refractivity (Wildman–Crippen MR) is 138 cm³/mol. The fraction of sp³-hybridized carbons (Fsp3) is 0.143. The van der Waals surface area contributed by atoms with Gasteiger partial charge < -0.3 is 15.2 Å². The Balaban J connectivity index is 1.71. The number of methoxy groups -OCH3 is 1. The summed E-state index contributed by atoms with van der Waals surface area (Å²) in [7, 11) is -2.91. The van der Waals surface area contributed by atoms with Crippen molar-refractivity contribution in [3.05, 3.63) is 117 Å². The lowest BCUT2D eigenvalue weighted by Gasteiger charge is -2.38. The van der Waals surface area contributed by atoms with Crippen molar-refractivity contribution in [1.82, 2.24) is 0 Å². The molecular formula is C28H23N3O5S. The minimum absolute atomic E-state index is 0.0252. The number of para-hydroxylation sites is 1. The van der Waals surface area contributed by atoms with Gasteiger partial charge in [-0.05, 0) is 42.3 Å². The summed E-state index contributed by atoms with van der Waals surface area (Å²) < 4.78 is 40.5. The minimum atomic E-state index is -4.19. The summed E-state index contributed by atoms with van der Waals surface area (Å²) in [4.78, 5) is 11.9.